The van der Waals surface area contributed by atoms with Gasteiger partial charge in [-0.1, -0.05) is 72.8 Å². The van der Waals surface area contributed by atoms with Gasteiger partial charge >= 0.3 is 0 Å². The molecule has 5 aromatic carbocycles. The lowest BCUT2D eigenvalue weighted by molar-refractivity contribution is 0.990. The quantitative estimate of drug-likeness (QED) is 0.241. The average Bonchev–Trinajstić information content (AvgIpc) is 3.57. The van der Waals surface area contributed by atoms with Crippen LogP contribution in [0.25, 0.3) is 76.8 Å². The lowest BCUT2D eigenvalue weighted by Gasteiger charge is -2.09. The van der Waals surface area contributed by atoms with Crippen LogP contribution in [0.5, 0.6) is 0 Å². The number of hydrogen-bond donors (Lipinski definition) is 0. The molecule has 4 aromatic heterocycles. The Balaban J connectivity index is 1.59. The molecule has 0 aliphatic heterocycles. The van der Waals surface area contributed by atoms with Gasteiger partial charge in [-0.3, -0.25) is 4.57 Å². The van der Waals surface area contributed by atoms with E-state index >= 15 is 0 Å². The highest BCUT2D eigenvalue weighted by molar-refractivity contribution is 6.35. The van der Waals surface area contributed by atoms with E-state index in [1.54, 1.807) is 0 Å². The van der Waals surface area contributed by atoms with Crippen molar-refractivity contribution in [1.29, 1.82) is 0 Å². The van der Waals surface area contributed by atoms with Crippen molar-refractivity contribution in [2.75, 3.05) is 0 Å². The van der Waals surface area contributed by atoms with Gasteiger partial charge in [0.2, 0.25) is 5.95 Å². The van der Waals surface area contributed by atoms with E-state index in [0.29, 0.717) is 5.95 Å². The third-order valence-electron chi connectivity index (χ3n) is 7.99. The Bertz CT molecular complexity index is 2370. The predicted molar refractivity (Wildman–Crippen MR) is 153 cm³/mol. The molecule has 0 aliphatic carbocycles. The van der Waals surface area contributed by atoms with Gasteiger partial charge in [-0.2, -0.15) is 0 Å². The van der Waals surface area contributed by atoms with Crippen molar-refractivity contribution in [2.24, 2.45) is 0 Å². The van der Waals surface area contributed by atoms with Crippen LogP contribution in [0.3, 0.4) is 0 Å². The fourth-order valence-corrected chi connectivity index (χ4v) is 6.50. The molecule has 4 heteroatoms. The largest absolute Gasteiger partial charge is 0.308 e. The molecule has 0 unspecified atom stereocenters. The molecule has 0 radical (unpaired) electrons. The van der Waals surface area contributed by atoms with Gasteiger partial charge in [0, 0.05) is 37.7 Å². The summed E-state index contributed by atoms with van der Waals surface area (Å²) in [5.41, 5.74) is 7.97. The van der Waals surface area contributed by atoms with Crippen molar-refractivity contribution in [3.8, 4) is 5.95 Å². The Morgan fingerprint density at radius 3 is 1.89 bits per heavy atom. The van der Waals surface area contributed by atoms with Crippen molar-refractivity contribution in [3.63, 3.8) is 0 Å². The smallest absolute Gasteiger partial charge is 0.235 e. The third kappa shape index (κ3) is 2.28. The molecule has 0 saturated carbocycles. The van der Waals surface area contributed by atoms with Crippen molar-refractivity contribution in [1.82, 2.24) is 18.9 Å². The summed E-state index contributed by atoms with van der Waals surface area (Å²) in [7, 11) is 0. The molecular weight excluding hydrogens is 452 g/mol. The summed E-state index contributed by atoms with van der Waals surface area (Å²) in [5.74, 6) is 0.712. The van der Waals surface area contributed by atoms with Crippen LogP contribution < -0.4 is 0 Å². The second-order valence-electron chi connectivity index (χ2n) is 9.89. The van der Waals surface area contributed by atoms with Crippen molar-refractivity contribution in [2.45, 2.75) is 6.92 Å². The van der Waals surface area contributed by atoms with E-state index in [4.69, 9.17) is 9.97 Å². The van der Waals surface area contributed by atoms with E-state index in [9.17, 15) is 0 Å². The Morgan fingerprint density at radius 1 is 0.514 bits per heavy atom. The topological polar surface area (TPSA) is 35.1 Å². The molecule has 0 aliphatic rings. The SMILES string of the molecule is Cc1nc(-n2c3ccccc3c3c4c5ccccc5n5c6ccccc6c(cc32)c45)nc2ccccc12. The molecule has 9 aromatic rings. The van der Waals surface area contributed by atoms with Gasteiger partial charge in [0.05, 0.1) is 38.8 Å². The van der Waals surface area contributed by atoms with E-state index in [0.717, 1.165) is 27.6 Å². The van der Waals surface area contributed by atoms with Crippen LogP contribution in [-0.2, 0) is 0 Å². The molecule has 4 nitrogen and oxygen atoms in total. The molecule has 0 atom stereocenters. The van der Waals surface area contributed by atoms with Gasteiger partial charge in [0.25, 0.3) is 0 Å². The van der Waals surface area contributed by atoms with E-state index < -0.39 is 0 Å². The standard InChI is InChI=1S/C33H20N4/c1-19-20-10-2-6-14-25(20)35-33(34-19)37-28-17-9-4-12-22(28)30-29(37)18-24-21-11-3-7-15-26(21)36-27-16-8-5-13-23(27)31(30)32(24)36/h2-18H,1H3. The zero-order valence-electron chi connectivity index (χ0n) is 20.1. The number of rotatable bonds is 1. The average molecular weight is 473 g/mol. The number of benzene rings is 5. The summed E-state index contributed by atoms with van der Waals surface area (Å²) in [6.45, 7) is 2.07. The molecule has 0 spiro atoms. The first-order chi connectivity index (χ1) is 18.3. The molecule has 0 bridgehead atoms. The van der Waals surface area contributed by atoms with Crippen LogP contribution in [0.15, 0.2) is 103 Å². The lowest BCUT2D eigenvalue weighted by atomic mass is 10.0. The molecule has 4 heterocycles. The second kappa shape index (κ2) is 6.62. The summed E-state index contributed by atoms with van der Waals surface area (Å²) >= 11 is 0. The molecule has 0 fully saturated rings. The Kier molecular flexibility index (Phi) is 3.45. The van der Waals surface area contributed by atoms with Gasteiger partial charge in [-0.15, -0.1) is 0 Å². The maximum Gasteiger partial charge on any atom is 0.235 e. The third-order valence-corrected chi connectivity index (χ3v) is 7.99. The Hall–Kier alpha value is -4.96. The van der Waals surface area contributed by atoms with Crippen molar-refractivity contribution in [3.05, 3.63) is 109 Å². The summed E-state index contributed by atoms with van der Waals surface area (Å²) in [5, 5.41) is 8.66. The van der Waals surface area contributed by atoms with Gasteiger partial charge < -0.3 is 4.40 Å². The first kappa shape index (κ1) is 19.3. The van der Waals surface area contributed by atoms with Crippen molar-refractivity contribution < 1.29 is 0 Å². The van der Waals surface area contributed by atoms with Gasteiger partial charge in [0.1, 0.15) is 0 Å². The van der Waals surface area contributed by atoms with Crippen LogP contribution in [0, 0.1) is 6.92 Å². The molecule has 0 N–H and O–H groups in total. The van der Waals surface area contributed by atoms with Crippen LogP contribution in [0.4, 0.5) is 0 Å². The van der Waals surface area contributed by atoms with Crippen LogP contribution >= 0.6 is 0 Å². The number of hydrogen-bond acceptors (Lipinski definition) is 2. The van der Waals surface area contributed by atoms with Crippen LogP contribution in [0.1, 0.15) is 5.69 Å². The summed E-state index contributed by atoms with van der Waals surface area (Å²) in [6.07, 6.45) is 0. The highest BCUT2D eigenvalue weighted by Crippen LogP contribution is 2.46. The zero-order chi connectivity index (χ0) is 24.2. The number of nitrogens with zero attached hydrogens (tertiary/aromatic N) is 4. The molecule has 172 valence electrons. The molecular formula is C33H20N4. The number of fused-ring (bicyclic) bond motifs is 11. The highest BCUT2D eigenvalue weighted by Gasteiger charge is 2.24. The molecule has 9 rings (SSSR count). The van der Waals surface area contributed by atoms with E-state index in [2.05, 4.69) is 107 Å². The minimum atomic E-state index is 0.712. The number of aryl methyl sites for hydroxylation is 1. The van der Waals surface area contributed by atoms with Crippen LogP contribution in [0.2, 0.25) is 0 Å². The minimum Gasteiger partial charge on any atom is -0.308 e. The monoisotopic (exact) mass is 472 g/mol. The summed E-state index contributed by atoms with van der Waals surface area (Å²) in [6, 6.07) is 36.8. The fraction of sp³-hybridized carbons (Fsp3) is 0.0303. The van der Waals surface area contributed by atoms with Crippen molar-refractivity contribution >= 4 is 70.8 Å². The Morgan fingerprint density at radius 2 is 1.11 bits per heavy atom. The lowest BCUT2D eigenvalue weighted by Crippen LogP contribution is -2.03. The summed E-state index contributed by atoms with van der Waals surface area (Å²) < 4.78 is 4.70. The first-order valence-electron chi connectivity index (χ1n) is 12.6. The van der Waals surface area contributed by atoms with Gasteiger partial charge in [0.15, 0.2) is 0 Å². The van der Waals surface area contributed by atoms with Crippen LogP contribution in [-0.4, -0.2) is 18.9 Å². The normalized spacial score (nSPS) is 12.5. The maximum atomic E-state index is 5.07. The first-order valence-corrected chi connectivity index (χ1v) is 12.6. The maximum absolute atomic E-state index is 5.07. The minimum absolute atomic E-state index is 0.712. The van der Waals surface area contributed by atoms with E-state index in [-0.39, 0.29) is 0 Å². The molecule has 0 amide bonds. The Labute approximate surface area is 211 Å². The zero-order valence-corrected chi connectivity index (χ0v) is 20.1. The molecule has 0 saturated heterocycles. The van der Waals surface area contributed by atoms with Gasteiger partial charge in [-0.05, 0) is 37.3 Å². The molecule has 37 heavy (non-hydrogen) atoms. The van der Waals surface area contributed by atoms with Gasteiger partial charge in [-0.25, -0.2) is 9.97 Å². The number of para-hydroxylation sites is 4. The van der Waals surface area contributed by atoms with E-state index in [1.165, 1.54) is 48.9 Å². The second-order valence-corrected chi connectivity index (χ2v) is 9.89. The highest BCUT2D eigenvalue weighted by atomic mass is 15.2. The number of aromatic nitrogens is 4. The summed E-state index contributed by atoms with van der Waals surface area (Å²) in [4.78, 5) is 10.1. The fourth-order valence-electron chi connectivity index (χ4n) is 6.50. The van der Waals surface area contributed by atoms with E-state index in [1.807, 2.05) is 12.1 Å². The predicted octanol–water partition coefficient (Wildman–Crippen LogP) is 8.19.